The van der Waals surface area contributed by atoms with Crippen molar-refractivity contribution in [2.24, 2.45) is 0 Å². The Morgan fingerprint density at radius 3 is 2.56 bits per heavy atom. The van der Waals surface area contributed by atoms with Gasteiger partial charge in [0.05, 0.1) is 7.11 Å². The van der Waals surface area contributed by atoms with Gasteiger partial charge in [0.2, 0.25) is 5.91 Å². The van der Waals surface area contributed by atoms with Crippen LogP contribution < -0.4 is 10.1 Å². The van der Waals surface area contributed by atoms with Gasteiger partial charge >= 0.3 is 0 Å². The SMILES string of the molecule is COc1ccc(CCC(=O)NC2CCN(Cc3ccccc3)CC2)cc1F. The summed E-state index contributed by atoms with van der Waals surface area (Å²) in [6.45, 7) is 2.94. The molecule has 27 heavy (non-hydrogen) atoms. The number of hydrogen-bond acceptors (Lipinski definition) is 3. The number of halogens is 1. The highest BCUT2D eigenvalue weighted by molar-refractivity contribution is 5.76. The second kappa shape index (κ2) is 9.51. The predicted molar refractivity (Wildman–Crippen MR) is 104 cm³/mol. The molecule has 1 aliphatic heterocycles. The molecule has 2 aromatic carbocycles. The molecule has 1 N–H and O–H groups in total. The molecule has 3 rings (SSSR count). The van der Waals surface area contributed by atoms with Crippen LogP contribution in [0.3, 0.4) is 0 Å². The molecule has 1 aliphatic rings. The third-order valence-electron chi connectivity index (χ3n) is 5.06. The van der Waals surface area contributed by atoms with E-state index in [4.69, 9.17) is 4.74 Å². The molecule has 1 saturated heterocycles. The molecule has 4 nitrogen and oxygen atoms in total. The first kappa shape index (κ1) is 19.4. The van der Waals surface area contributed by atoms with E-state index >= 15 is 0 Å². The second-order valence-electron chi connectivity index (χ2n) is 7.07. The van der Waals surface area contributed by atoms with Crippen molar-refractivity contribution in [2.75, 3.05) is 20.2 Å². The van der Waals surface area contributed by atoms with Crippen molar-refractivity contribution in [2.45, 2.75) is 38.3 Å². The molecule has 1 heterocycles. The van der Waals surface area contributed by atoms with Crippen LogP contribution in [0.15, 0.2) is 48.5 Å². The molecule has 0 unspecified atom stereocenters. The Bertz CT molecular complexity index is 743. The van der Waals surface area contributed by atoms with Gasteiger partial charge < -0.3 is 10.1 Å². The van der Waals surface area contributed by atoms with Crippen molar-refractivity contribution in [1.82, 2.24) is 10.2 Å². The summed E-state index contributed by atoms with van der Waals surface area (Å²) >= 11 is 0. The number of piperidine rings is 1. The van der Waals surface area contributed by atoms with Gasteiger partial charge in [-0.3, -0.25) is 9.69 Å². The maximum atomic E-state index is 13.7. The van der Waals surface area contributed by atoms with E-state index in [-0.39, 0.29) is 23.5 Å². The van der Waals surface area contributed by atoms with Crippen molar-refractivity contribution in [3.63, 3.8) is 0 Å². The van der Waals surface area contributed by atoms with Gasteiger partial charge in [0.25, 0.3) is 0 Å². The molecule has 0 spiro atoms. The molecule has 1 fully saturated rings. The normalized spacial score (nSPS) is 15.5. The number of ether oxygens (including phenoxy) is 1. The van der Waals surface area contributed by atoms with Crippen LogP contribution in [0.4, 0.5) is 4.39 Å². The molecule has 2 aromatic rings. The standard InChI is InChI=1S/C22H27FN2O2/c1-27-21-9-7-17(15-20(21)23)8-10-22(26)24-19-11-13-25(14-12-19)16-18-5-3-2-4-6-18/h2-7,9,15,19H,8,10-14,16H2,1H3,(H,24,26). The Balaban J connectivity index is 1.38. The molecule has 0 radical (unpaired) electrons. The first-order valence-corrected chi connectivity index (χ1v) is 9.52. The van der Waals surface area contributed by atoms with Crippen molar-refractivity contribution in [1.29, 1.82) is 0 Å². The number of nitrogens with zero attached hydrogens (tertiary/aromatic N) is 1. The van der Waals surface area contributed by atoms with Crippen molar-refractivity contribution in [3.05, 3.63) is 65.5 Å². The van der Waals surface area contributed by atoms with Gasteiger partial charge in [0.15, 0.2) is 11.6 Å². The lowest BCUT2D eigenvalue weighted by Crippen LogP contribution is -2.44. The number of amides is 1. The molecular formula is C22H27FN2O2. The van der Waals surface area contributed by atoms with Crippen LogP contribution >= 0.6 is 0 Å². The van der Waals surface area contributed by atoms with Crippen molar-refractivity contribution in [3.8, 4) is 5.75 Å². The Morgan fingerprint density at radius 2 is 1.89 bits per heavy atom. The van der Waals surface area contributed by atoms with Gasteiger partial charge in [-0.25, -0.2) is 4.39 Å². The number of likely N-dealkylation sites (tertiary alicyclic amines) is 1. The number of rotatable bonds is 7. The Kier molecular flexibility index (Phi) is 6.82. The molecule has 144 valence electrons. The van der Waals surface area contributed by atoms with E-state index in [0.29, 0.717) is 12.8 Å². The van der Waals surface area contributed by atoms with Gasteiger partial charge in [-0.05, 0) is 42.5 Å². The van der Waals surface area contributed by atoms with Crippen molar-refractivity contribution < 1.29 is 13.9 Å². The van der Waals surface area contributed by atoms with E-state index in [9.17, 15) is 9.18 Å². The number of benzene rings is 2. The van der Waals surface area contributed by atoms with Crippen molar-refractivity contribution >= 4 is 5.91 Å². The van der Waals surface area contributed by atoms with Gasteiger partial charge in [-0.2, -0.15) is 0 Å². The van der Waals surface area contributed by atoms with Crippen LogP contribution in [0, 0.1) is 5.82 Å². The summed E-state index contributed by atoms with van der Waals surface area (Å²) in [7, 11) is 1.44. The fourth-order valence-electron chi connectivity index (χ4n) is 3.50. The first-order chi connectivity index (χ1) is 13.1. The Labute approximate surface area is 160 Å². The van der Waals surface area contributed by atoms with E-state index in [1.54, 1.807) is 12.1 Å². The maximum Gasteiger partial charge on any atom is 0.220 e. The van der Waals surface area contributed by atoms with Crippen LogP contribution in [0.1, 0.15) is 30.4 Å². The monoisotopic (exact) mass is 370 g/mol. The first-order valence-electron chi connectivity index (χ1n) is 9.52. The fraction of sp³-hybridized carbons (Fsp3) is 0.409. The summed E-state index contributed by atoms with van der Waals surface area (Å²) in [5, 5.41) is 3.13. The zero-order valence-electron chi connectivity index (χ0n) is 15.8. The fourth-order valence-corrected chi connectivity index (χ4v) is 3.50. The van der Waals surface area contributed by atoms with Crippen LogP contribution in [0.2, 0.25) is 0 Å². The van der Waals surface area contributed by atoms with E-state index in [1.807, 2.05) is 6.07 Å². The summed E-state index contributed by atoms with van der Waals surface area (Å²) in [5.41, 5.74) is 2.13. The average molecular weight is 370 g/mol. The molecule has 5 heteroatoms. The third-order valence-corrected chi connectivity index (χ3v) is 5.06. The number of hydrogen-bond donors (Lipinski definition) is 1. The van der Waals surface area contributed by atoms with E-state index in [1.165, 1.54) is 18.7 Å². The van der Waals surface area contributed by atoms with Gasteiger partial charge in [0.1, 0.15) is 0 Å². The Morgan fingerprint density at radius 1 is 1.15 bits per heavy atom. The van der Waals surface area contributed by atoms with E-state index in [2.05, 4.69) is 34.5 Å². The lowest BCUT2D eigenvalue weighted by Gasteiger charge is -2.32. The molecule has 0 aliphatic carbocycles. The summed E-state index contributed by atoms with van der Waals surface area (Å²) in [6, 6.07) is 15.5. The smallest absolute Gasteiger partial charge is 0.220 e. The largest absolute Gasteiger partial charge is 0.494 e. The van der Waals surface area contributed by atoms with Crippen LogP contribution in [-0.2, 0) is 17.8 Å². The maximum absolute atomic E-state index is 13.7. The lowest BCUT2D eigenvalue weighted by atomic mass is 10.0. The van der Waals surface area contributed by atoms with Crippen LogP contribution in [0.25, 0.3) is 0 Å². The van der Waals surface area contributed by atoms with Gasteiger partial charge in [0, 0.05) is 32.1 Å². The zero-order chi connectivity index (χ0) is 19.1. The molecule has 1 amide bonds. The van der Waals surface area contributed by atoms with E-state index in [0.717, 1.165) is 38.0 Å². The molecule has 0 bridgehead atoms. The number of carbonyl (C=O) groups excluding carboxylic acids is 1. The van der Waals surface area contributed by atoms with Gasteiger partial charge in [-0.1, -0.05) is 36.4 Å². The summed E-state index contributed by atoms with van der Waals surface area (Å²) in [6.07, 6.45) is 2.83. The minimum Gasteiger partial charge on any atom is -0.494 e. The number of methoxy groups -OCH3 is 1. The highest BCUT2D eigenvalue weighted by Crippen LogP contribution is 2.19. The average Bonchev–Trinajstić information content (AvgIpc) is 2.69. The molecule has 0 atom stereocenters. The zero-order valence-corrected chi connectivity index (χ0v) is 15.8. The summed E-state index contributed by atoms with van der Waals surface area (Å²) < 4.78 is 18.6. The minimum absolute atomic E-state index is 0.0349. The topological polar surface area (TPSA) is 41.6 Å². The minimum atomic E-state index is -0.388. The van der Waals surface area contributed by atoms with Crippen LogP contribution in [-0.4, -0.2) is 37.0 Å². The third kappa shape index (κ3) is 5.79. The summed E-state index contributed by atoms with van der Waals surface area (Å²) in [5.74, 6) is -0.126. The number of nitrogens with one attached hydrogen (secondary N) is 1. The summed E-state index contributed by atoms with van der Waals surface area (Å²) in [4.78, 5) is 14.7. The molecular weight excluding hydrogens is 343 g/mol. The Hall–Kier alpha value is -2.40. The highest BCUT2D eigenvalue weighted by Gasteiger charge is 2.20. The second-order valence-corrected chi connectivity index (χ2v) is 7.07. The lowest BCUT2D eigenvalue weighted by molar-refractivity contribution is -0.122. The van der Waals surface area contributed by atoms with E-state index < -0.39 is 0 Å². The predicted octanol–water partition coefficient (Wildman–Crippen LogP) is 3.55. The quantitative estimate of drug-likeness (QED) is 0.810. The number of carbonyl (C=O) groups is 1. The molecule has 0 saturated carbocycles. The molecule has 0 aromatic heterocycles. The number of aryl methyl sites for hydroxylation is 1. The van der Waals surface area contributed by atoms with Gasteiger partial charge in [-0.15, -0.1) is 0 Å². The highest BCUT2D eigenvalue weighted by atomic mass is 19.1. The van der Waals surface area contributed by atoms with Crippen LogP contribution in [0.5, 0.6) is 5.75 Å².